The third-order valence-corrected chi connectivity index (χ3v) is 4.86. The molecular weight excluding hydrogens is 358 g/mol. The van der Waals surface area contributed by atoms with Gasteiger partial charge in [-0.2, -0.15) is 0 Å². The van der Waals surface area contributed by atoms with Crippen LogP contribution in [0, 0.1) is 0 Å². The highest BCUT2D eigenvalue weighted by Gasteiger charge is 2.18. The maximum absolute atomic E-state index is 10.3. The van der Waals surface area contributed by atoms with Gasteiger partial charge in [-0.1, -0.05) is 84.0 Å². The minimum atomic E-state index is -0.532. The number of aliphatic hydroxyl groups excluding tert-OH is 1. The summed E-state index contributed by atoms with van der Waals surface area (Å²) in [6.45, 7) is 13.7. The predicted molar refractivity (Wildman–Crippen MR) is 125 cm³/mol. The first-order chi connectivity index (χ1) is 13.8. The van der Waals surface area contributed by atoms with Crippen LogP contribution in [0.1, 0.15) is 75.6 Å². The third kappa shape index (κ3) is 7.34. The number of nitrogens with one attached hydrogen (secondary N) is 1. The van der Waals surface area contributed by atoms with Crippen molar-refractivity contribution in [1.82, 2.24) is 5.32 Å². The van der Waals surface area contributed by atoms with E-state index in [0.29, 0.717) is 31.0 Å². The smallest absolute Gasteiger partial charge is 0.126 e. The summed E-state index contributed by atoms with van der Waals surface area (Å²) < 4.78 is 6.19. The fourth-order valence-electron chi connectivity index (χ4n) is 3.19. The van der Waals surface area contributed by atoms with Crippen LogP contribution >= 0.6 is 0 Å². The largest absolute Gasteiger partial charge is 0.490 e. The summed E-state index contributed by atoms with van der Waals surface area (Å²) in [5, 5.41) is 13.5. The molecule has 0 amide bonds. The van der Waals surface area contributed by atoms with E-state index in [1.54, 1.807) is 0 Å². The second kappa shape index (κ2) is 11.2. The van der Waals surface area contributed by atoms with Gasteiger partial charge in [-0.05, 0) is 46.2 Å². The number of ether oxygens (including phenoxy) is 1. The van der Waals surface area contributed by atoms with E-state index in [9.17, 15) is 5.11 Å². The molecule has 0 aromatic heterocycles. The summed E-state index contributed by atoms with van der Waals surface area (Å²) in [4.78, 5) is 0. The molecule has 3 heteroatoms. The molecule has 0 bridgehead atoms. The molecule has 0 aliphatic rings. The number of rotatable bonds is 10. The lowest BCUT2D eigenvalue weighted by Gasteiger charge is -2.23. The minimum absolute atomic E-state index is 0.290. The van der Waals surface area contributed by atoms with Gasteiger partial charge in [0.05, 0.1) is 0 Å². The van der Waals surface area contributed by atoms with Crippen molar-refractivity contribution in [3.8, 4) is 5.75 Å². The molecule has 0 spiro atoms. The van der Waals surface area contributed by atoms with E-state index >= 15 is 0 Å². The van der Waals surface area contributed by atoms with E-state index in [0.717, 1.165) is 5.75 Å². The molecule has 2 N–H and O–H groups in total. The van der Waals surface area contributed by atoms with Crippen LogP contribution in [-0.4, -0.2) is 30.4 Å². The van der Waals surface area contributed by atoms with E-state index < -0.39 is 6.10 Å². The zero-order chi connectivity index (χ0) is 21.4. The van der Waals surface area contributed by atoms with Crippen LogP contribution in [0.5, 0.6) is 5.75 Å². The van der Waals surface area contributed by atoms with Crippen molar-refractivity contribution < 1.29 is 9.84 Å². The third-order valence-electron chi connectivity index (χ3n) is 4.86. The van der Waals surface area contributed by atoms with Crippen LogP contribution in [0.15, 0.2) is 42.5 Å². The summed E-state index contributed by atoms with van der Waals surface area (Å²) in [7, 11) is 0. The fraction of sp³-hybridized carbons (Fsp3) is 0.462. The first kappa shape index (κ1) is 23.2. The molecule has 1 unspecified atom stereocenters. The molecule has 0 saturated heterocycles. The summed E-state index contributed by atoms with van der Waals surface area (Å²) >= 11 is 0. The van der Waals surface area contributed by atoms with Crippen molar-refractivity contribution in [3.05, 3.63) is 64.7 Å². The van der Waals surface area contributed by atoms with Gasteiger partial charge >= 0.3 is 0 Å². The average Bonchev–Trinajstić information content (AvgIpc) is 2.69. The molecule has 0 radical (unpaired) electrons. The van der Waals surface area contributed by atoms with Crippen molar-refractivity contribution in [2.24, 2.45) is 0 Å². The Hall–Kier alpha value is -2.10. The van der Waals surface area contributed by atoms with Gasteiger partial charge in [0, 0.05) is 12.6 Å². The molecule has 0 fully saturated rings. The van der Waals surface area contributed by atoms with Gasteiger partial charge in [0.1, 0.15) is 18.5 Å². The van der Waals surface area contributed by atoms with E-state index in [1.807, 2.05) is 6.07 Å². The van der Waals surface area contributed by atoms with Crippen molar-refractivity contribution in [1.29, 1.82) is 0 Å². The van der Waals surface area contributed by atoms with Crippen LogP contribution in [0.2, 0.25) is 0 Å². The van der Waals surface area contributed by atoms with Crippen LogP contribution in [0.25, 0.3) is 12.2 Å². The molecular formula is C26H37NO2. The first-order valence-electron chi connectivity index (χ1n) is 10.7. The molecule has 0 aliphatic carbocycles. The Morgan fingerprint density at radius 3 is 1.93 bits per heavy atom. The maximum atomic E-state index is 10.3. The van der Waals surface area contributed by atoms with Crippen molar-refractivity contribution >= 4 is 12.2 Å². The number of benzene rings is 2. The highest BCUT2D eigenvalue weighted by molar-refractivity contribution is 5.71. The van der Waals surface area contributed by atoms with E-state index in [1.165, 1.54) is 22.3 Å². The highest BCUT2D eigenvalue weighted by Crippen LogP contribution is 2.36. The Balaban J connectivity index is 2.28. The summed E-state index contributed by atoms with van der Waals surface area (Å²) in [5.74, 6) is 1.59. The van der Waals surface area contributed by atoms with Gasteiger partial charge in [-0.3, -0.25) is 0 Å². The van der Waals surface area contributed by atoms with Crippen molar-refractivity contribution in [2.75, 3.05) is 13.2 Å². The zero-order valence-corrected chi connectivity index (χ0v) is 18.8. The van der Waals surface area contributed by atoms with Gasteiger partial charge in [0.15, 0.2) is 0 Å². The normalized spacial score (nSPS) is 13.0. The zero-order valence-electron chi connectivity index (χ0n) is 18.8. The van der Waals surface area contributed by atoms with Crippen LogP contribution in [-0.2, 0) is 0 Å². The Bertz CT molecular complexity index is 750. The summed E-state index contributed by atoms with van der Waals surface area (Å²) in [6.07, 6.45) is 3.78. The van der Waals surface area contributed by atoms with E-state index in [2.05, 4.69) is 95.4 Å². The lowest BCUT2D eigenvalue weighted by Crippen LogP contribution is -2.35. The number of hydrogen-bond acceptors (Lipinski definition) is 3. The first-order valence-corrected chi connectivity index (χ1v) is 10.7. The topological polar surface area (TPSA) is 41.5 Å². The molecule has 0 heterocycles. The highest BCUT2D eigenvalue weighted by atomic mass is 16.5. The van der Waals surface area contributed by atoms with Gasteiger partial charge in [-0.25, -0.2) is 0 Å². The molecule has 2 aromatic carbocycles. The van der Waals surface area contributed by atoms with Gasteiger partial charge < -0.3 is 15.2 Å². The predicted octanol–water partition coefficient (Wildman–Crippen LogP) is 5.84. The molecule has 158 valence electrons. The van der Waals surface area contributed by atoms with Gasteiger partial charge in [0.25, 0.3) is 0 Å². The van der Waals surface area contributed by atoms with Crippen LogP contribution in [0.3, 0.4) is 0 Å². The Morgan fingerprint density at radius 1 is 0.862 bits per heavy atom. The maximum Gasteiger partial charge on any atom is 0.126 e. The summed E-state index contributed by atoms with van der Waals surface area (Å²) in [5.41, 5.74) is 4.74. The number of aliphatic hydroxyl groups is 1. The molecule has 2 rings (SSSR count). The molecule has 2 aromatic rings. The molecule has 0 aliphatic heterocycles. The van der Waals surface area contributed by atoms with Gasteiger partial charge in [0.2, 0.25) is 0 Å². The van der Waals surface area contributed by atoms with Crippen LogP contribution in [0.4, 0.5) is 0 Å². The number of hydrogen-bond donors (Lipinski definition) is 2. The van der Waals surface area contributed by atoms with E-state index in [-0.39, 0.29) is 0 Å². The molecule has 3 nitrogen and oxygen atoms in total. The van der Waals surface area contributed by atoms with Crippen molar-refractivity contribution in [2.45, 2.75) is 65.5 Å². The Kier molecular flexibility index (Phi) is 8.94. The standard InChI is InChI=1S/C26H37NO2/c1-18(2)24-14-22(13-12-21-10-8-7-9-11-21)15-25(19(3)4)26(24)29-17-23(28)16-27-20(5)6/h7-15,18-20,23,27-28H,16-17H2,1-6H3/b13-12+. The molecule has 0 saturated carbocycles. The second-order valence-electron chi connectivity index (χ2n) is 8.61. The lowest BCUT2D eigenvalue weighted by atomic mass is 9.91. The Morgan fingerprint density at radius 2 is 1.41 bits per heavy atom. The monoisotopic (exact) mass is 395 g/mol. The Labute approximate surface area is 176 Å². The lowest BCUT2D eigenvalue weighted by molar-refractivity contribution is 0.103. The van der Waals surface area contributed by atoms with E-state index in [4.69, 9.17) is 4.74 Å². The second-order valence-corrected chi connectivity index (χ2v) is 8.61. The van der Waals surface area contributed by atoms with Crippen molar-refractivity contribution in [3.63, 3.8) is 0 Å². The van der Waals surface area contributed by atoms with Gasteiger partial charge in [-0.15, -0.1) is 0 Å². The molecule has 29 heavy (non-hydrogen) atoms. The van der Waals surface area contributed by atoms with Crippen LogP contribution < -0.4 is 10.1 Å². The average molecular weight is 396 g/mol. The minimum Gasteiger partial charge on any atom is -0.490 e. The quantitative estimate of drug-likeness (QED) is 0.497. The molecule has 1 atom stereocenters. The SMILES string of the molecule is CC(C)NCC(O)COc1c(C(C)C)cc(/C=C/c2ccccc2)cc1C(C)C. The summed E-state index contributed by atoms with van der Waals surface area (Å²) in [6, 6.07) is 15.1. The fourth-order valence-corrected chi connectivity index (χ4v) is 3.19.